The van der Waals surface area contributed by atoms with Crippen LogP contribution >= 0.6 is 27.3 Å². The van der Waals surface area contributed by atoms with Crippen molar-refractivity contribution in [3.63, 3.8) is 0 Å². The van der Waals surface area contributed by atoms with Gasteiger partial charge in [-0.2, -0.15) is 0 Å². The van der Waals surface area contributed by atoms with Gasteiger partial charge in [-0.3, -0.25) is 4.79 Å². The van der Waals surface area contributed by atoms with E-state index in [0.29, 0.717) is 21.2 Å². The summed E-state index contributed by atoms with van der Waals surface area (Å²) in [4.78, 5) is 13.2. The minimum absolute atomic E-state index is 0.221. The molecule has 2 nitrogen and oxygen atoms in total. The van der Waals surface area contributed by atoms with Gasteiger partial charge in [0.25, 0.3) is 5.91 Å². The molecule has 0 saturated heterocycles. The molecular weight excluding hydrogens is 341 g/mol. The highest BCUT2D eigenvalue weighted by molar-refractivity contribution is 9.10. The van der Waals surface area contributed by atoms with Gasteiger partial charge in [0.15, 0.2) is 0 Å². The number of halogens is 2. The van der Waals surface area contributed by atoms with Crippen molar-refractivity contribution in [1.29, 1.82) is 0 Å². The first-order valence-corrected chi connectivity index (χ1v) is 8.08. The smallest absolute Gasteiger partial charge is 0.258 e. The van der Waals surface area contributed by atoms with Crippen LogP contribution in [0.4, 0.5) is 4.39 Å². The Morgan fingerprint density at radius 3 is 2.70 bits per heavy atom. The number of benzene rings is 1. The number of hydrogen-bond donors (Lipinski definition) is 1. The van der Waals surface area contributed by atoms with Gasteiger partial charge in [-0.15, -0.1) is 11.3 Å². The highest BCUT2D eigenvalue weighted by Crippen LogP contribution is 2.58. The minimum atomic E-state index is -0.387. The third-order valence-electron chi connectivity index (χ3n) is 4.33. The van der Waals surface area contributed by atoms with Gasteiger partial charge in [-0.1, -0.05) is 0 Å². The second-order valence-electron chi connectivity index (χ2n) is 5.47. The Hall–Kier alpha value is -1.20. The average molecular weight is 352 g/mol. The van der Waals surface area contributed by atoms with E-state index in [4.69, 9.17) is 5.73 Å². The van der Waals surface area contributed by atoms with Crippen molar-refractivity contribution < 1.29 is 9.18 Å². The van der Waals surface area contributed by atoms with E-state index in [9.17, 15) is 9.18 Å². The van der Waals surface area contributed by atoms with Crippen LogP contribution < -0.4 is 5.73 Å². The Morgan fingerprint density at radius 2 is 2.00 bits per heavy atom. The van der Waals surface area contributed by atoms with Crippen molar-refractivity contribution in [3.8, 4) is 11.1 Å². The second-order valence-corrected chi connectivity index (χ2v) is 7.41. The van der Waals surface area contributed by atoms with E-state index in [1.807, 2.05) is 12.1 Å². The van der Waals surface area contributed by atoms with Gasteiger partial charge >= 0.3 is 0 Å². The van der Waals surface area contributed by atoms with Crippen LogP contribution in [-0.2, 0) is 0 Å². The van der Waals surface area contributed by atoms with Crippen LogP contribution in [0.5, 0.6) is 0 Å². The predicted molar refractivity (Wildman–Crippen MR) is 80.6 cm³/mol. The molecule has 1 saturated carbocycles. The van der Waals surface area contributed by atoms with Crippen LogP contribution in [0, 0.1) is 5.82 Å². The fraction of sp³-hybridized carbons (Fsp3) is 0.267. The maximum atomic E-state index is 13.8. The molecule has 1 fully saturated rings. The van der Waals surface area contributed by atoms with Crippen molar-refractivity contribution in [2.75, 3.05) is 0 Å². The first-order chi connectivity index (χ1) is 9.54. The summed E-state index contributed by atoms with van der Waals surface area (Å²) >= 11 is 4.75. The molecule has 20 heavy (non-hydrogen) atoms. The first kappa shape index (κ1) is 12.5. The number of rotatable bonds is 1. The number of carbonyl (C=O) groups is 1. The van der Waals surface area contributed by atoms with Crippen LogP contribution in [0.25, 0.3) is 11.1 Å². The Balaban J connectivity index is 2.01. The zero-order valence-electron chi connectivity index (χ0n) is 10.5. The molecule has 1 aromatic carbocycles. The molecule has 2 bridgehead atoms. The third-order valence-corrected chi connectivity index (χ3v) is 6.25. The normalized spacial score (nSPS) is 22.5. The molecule has 102 valence electrons. The van der Waals surface area contributed by atoms with Crippen molar-refractivity contribution >= 4 is 33.2 Å². The quantitative estimate of drug-likeness (QED) is 0.813. The Kier molecular flexibility index (Phi) is 2.60. The van der Waals surface area contributed by atoms with Gasteiger partial charge in [0.1, 0.15) is 5.82 Å². The first-order valence-electron chi connectivity index (χ1n) is 6.47. The fourth-order valence-corrected chi connectivity index (χ4v) is 4.76. The molecule has 0 spiro atoms. The van der Waals surface area contributed by atoms with Crippen LogP contribution in [-0.4, -0.2) is 5.91 Å². The van der Waals surface area contributed by atoms with Crippen molar-refractivity contribution in [2.45, 2.75) is 24.7 Å². The molecular formula is C15H11BrFNOS. The van der Waals surface area contributed by atoms with Crippen molar-refractivity contribution in [3.05, 3.63) is 43.8 Å². The molecule has 1 amide bonds. The second kappa shape index (κ2) is 4.15. The van der Waals surface area contributed by atoms with Gasteiger partial charge in [-0.05, 0) is 75.5 Å². The molecule has 2 aromatic rings. The number of amides is 1. The predicted octanol–water partition coefficient (Wildman–Crippen LogP) is 4.39. The molecule has 5 heteroatoms. The molecule has 3 aliphatic rings. The average Bonchev–Trinajstić information content (AvgIpc) is 2.68. The molecule has 3 aliphatic carbocycles. The molecule has 2 N–H and O–H groups in total. The SMILES string of the molecule is NC(=O)c1cc2c(s1)C1CC(C1)c1cc(F)c(Br)cc1-2. The monoisotopic (exact) mass is 351 g/mol. The summed E-state index contributed by atoms with van der Waals surface area (Å²) in [6, 6.07) is 5.34. The van der Waals surface area contributed by atoms with Crippen LogP contribution in [0.15, 0.2) is 22.7 Å². The van der Waals surface area contributed by atoms with Gasteiger partial charge in [0, 0.05) is 4.88 Å². The van der Waals surface area contributed by atoms with Gasteiger partial charge in [0.05, 0.1) is 9.35 Å². The maximum absolute atomic E-state index is 13.8. The summed E-state index contributed by atoms with van der Waals surface area (Å²) in [5, 5.41) is 0. The molecule has 0 unspecified atom stereocenters. The molecule has 1 heterocycles. The van der Waals surface area contributed by atoms with E-state index < -0.39 is 0 Å². The molecule has 0 aliphatic heterocycles. The van der Waals surface area contributed by atoms with Gasteiger partial charge < -0.3 is 5.73 Å². The molecule has 5 rings (SSSR count). The lowest BCUT2D eigenvalue weighted by atomic mass is 9.72. The highest BCUT2D eigenvalue weighted by atomic mass is 79.9. The van der Waals surface area contributed by atoms with Crippen molar-refractivity contribution in [1.82, 2.24) is 0 Å². The topological polar surface area (TPSA) is 43.1 Å². The van der Waals surface area contributed by atoms with E-state index in [-0.39, 0.29) is 11.7 Å². The number of hydrogen-bond acceptors (Lipinski definition) is 2. The lowest BCUT2D eigenvalue weighted by Gasteiger charge is -2.33. The number of primary amides is 1. The Labute approximate surface area is 127 Å². The van der Waals surface area contributed by atoms with Crippen LogP contribution in [0.2, 0.25) is 0 Å². The van der Waals surface area contributed by atoms with E-state index in [1.165, 1.54) is 16.2 Å². The highest BCUT2D eigenvalue weighted by Gasteiger charge is 2.39. The van der Waals surface area contributed by atoms with E-state index in [2.05, 4.69) is 15.9 Å². The van der Waals surface area contributed by atoms with E-state index in [0.717, 1.165) is 29.5 Å². The third kappa shape index (κ3) is 1.63. The van der Waals surface area contributed by atoms with Crippen molar-refractivity contribution in [2.24, 2.45) is 5.73 Å². The maximum Gasteiger partial charge on any atom is 0.258 e. The van der Waals surface area contributed by atoms with Crippen LogP contribution in [0.3, 0.4) is 0 Å². The summed E-state index contributed by atoms with van der Waals surface area (Å²) in [5.74, 6) is 0.319. The zero-order valence-corrected chi connectivity index (χ0v) is 12.9. The van der Waals surface area contributed by atoms with Gasteiger partial charge in [0.2, 0.25) is 0 Å². The molecule has 1 aromatic heterocycles. The summed E-state index contributed by atoms with van der Waals surface area (Å²) < 4.78 is 14.3. The number of thiophene rings is 1. The molecule has 0 radical (unpaired) electrons. The largest absolute Gasteiger partial charge is 0.365 e. The molecule has 0 atom stereocenters. The lowest BCUT2D eigenvalue weighted by Crippen LogP contribution is -2.17. The summed E-state index contributed by atoms with van der Waals surface area (Å²) in [5.41, 5.74) is 8.57. The number of carbonyl (C=O) groups excluding carboxylic acids is 1. The zero-order chi connectivity index (χ0) is 14.0. The fourth-order valence-electron chi connectivity index (χ4n) is 3.26. The van der Waals surface area contributed by atoms with Gasteiger partial charge in [-0.25, -0.2) is 4.39 Å². The summed E-state index contributed by atoms with van der Waals surface area (Å²) in [6.07, 6.45) is 2.08. The minimum Gasteiger partial charge on any atom is -0.365 e. The standard InChI is InChI=1S/C15H11BrFNOS/c16-11-3-9-8(4-12(11)17)6-1-7(2-6)14-10(9)5-13(20-14)15(18)19/h3-7H,1-2H2,(H2,18,19). The summed E-state index contributed by atoms with van der Waals surface area (Å²) in [7, 11) is 0. The Morgan fingerprint density at radius 1 is 1.25 bits per heavy atom. The summed E-state index contributed by atoms with van der Waals surface area (Å²) in [6.45, 7) is 0. The van der Waals surface area contributed by atoms with E-state index in [1.54, 1.807) is 6.07 Å². The van der Waals surface area contributed by atoms with E-state index >= 15 is 0 Å². The van der Waals surface area contributed by atoms with Crippen LogP contribution in [0.1, 0.15) is 44.8 Å². The Bertz CT molecular complexity index is 749. The lowest BCUT2D eigenvalue weighted by molar-refractivity contribution is 0.100. The number of nitrogens with two attached hydrogens (primary N) is 1.